The molecule has 0 bridgehead atoms. The van der Waals surface area contributed by atoms with Crippen molar-refractivity contribution in [2.24, 2.45) is 11.0 Å². The predicted molar refractivity (Wildman–Crippen MR) is 73.8 cm³/mol. The van der Waals surface area contributed by atoms with E-state index < -0.39 is 5.92 Å². The molecule has 0 spiro atoms. The Morgan fingerprint density at radius 1 is 1.40 bits per heavy atom. The molecule has 1 heterocycles. The van der Waals surface area contributed by atoms with Crippen molar-refractivity contribution in [3.05, 3.63) is 29.8 Å². The van der Waals surface area contributed by atoms with Gasteiger partial charge in [0.15, 0.2) is 0 Å². The molecule has 0 radical (unpaired) electrons. The van der Waals surface area contributed by atoms with E-state index in [9.17, 15) is 9.59 Å². The van der Waals surface area contributed by atoms with Gasteiger partial charge in [0, 0.05) is 18.5 Å². The molecule has 0 aromatic heterocycles. The first-order valence-electron chi connectivity index (χ1n) is 6.26. The summed E-state index contributed by atoms with van der Waals surface area (Å²) in [7, 11) is 0. The summed E-state index contributed by atoms with van der Waals surface area (Å²) in [5.41, 5.74) is 4.78. The predicted octanol–water partition coefficient (Wildman–Crippen LogP) is 1.40. The van der Waals surface area contributed by atoms with Gasteiger partial charge in [-0.25, -0.2) is 5.43 Å². The van der Waals surface area contributed by atoms with E-state index in [1.54, 1.807) is 19.1 Å². The Balaban J connectivity index is 2.05. The molecule has 0 aliphatic carbocycles. The van der Waals surface area contributed by atoms with Crippen LogP contribution in [-0.2, 0) is 9.59 Å². The molecule has 1 unspecified atom stereocenters. The molecule has 1 aliphatic rings. The molecule has 2 N–H and O–H groups in total. The highest BCUT2D eigenvalue weighted by Crippen LogP contribution is 2.14. The van der Waals surface area contributed by atoms with Gasteiger partial charge in [0.2, 0.25) is 11.8 Å². The van der Waals surface area contributed by atoms with Crippen LogP contribution in [0.4, 0.5) is 5.69 Å². The molecule has 1 aliphatic heterocycles. The minimum atomic E-state index is -0.687. The molecule has 102 valence electrons. The van der Waals surface area contributed by atoms with Gasteiger partial charge in [-0.2, -0.15) is 10.4 Å². The van der Waals surface area contributed by atoms with Gasteiger partial charge in [0.25, 0.3) is 0 Å². The third-order valence-corrected chi connectivity index (χ3v) is 2.98. The Kier molecular flexibility index (Phi) is 4.11. The fourth-order valence-corrected chi connectivity index (χ4v) is 1.74. The number of nitriles is 1. The van der Waals surface area contributed by atoms with E-state index in [1.165, 1.54) is 0 Å². The second-order valence-electron chi connectivity index (χ2n) is 4.51. The van der Waals surface area contributed by atoms with Crippen molar-refractivity contribution in [2.45, 2.75) is 19.8 Å². The van der Waals surface area contributed by atoms with Gasteiger partial charge < -0.3 is 5.32 Å². The Labute approximate surface area is 116 Å². The van der Waals surface area contributed by atoms with Crippen LogP contribution in [0.15, 0.2) is 29.4 Å². The Morgan fingerprint density at radius 2 is 2.10 bits per heavy atom. The largest absolute Gasteiger partial charge is 0.325 e. The summed E-state index contributed by atoms with van der Waals surface area (Å²) in [6.45, 7) is 1.54. The number of benzene rings is 1. The van der Waals surface area contributed by atoms with Crippen molar-refractivity contribution in [1.82, 2.24) is 5.43 Å². The van der Waals surface area contributed by atoms with E-state index in [0.29, 0.717) is 18.5 Å². The van der Waals surface area contributed by atoms with Crippen molar-refractivity contribution >= 4 is 23.2 Å². The van der Waals surface area contributed by atoms with Crippen molar-refractivity contribution < 1.29 is 9.59 Å². The summed E-state index contributed by atoms with van der Waals surface area (Å²) >= 11 is 0. The third kappa shape index (κ3) is 3.20. The lowest BCUT2D eigenvalue weighted by Crippen LogP contribution is -2.25. The van der Waals surface area contributed by atoms with Crippen molar-refractivity contribution in [1.29, 1.82) is 5.26 Å². The molecule has 1 aromatic rings. The van der Waals surface area contributed by atoms with Gasteiger partial charge in [-0.05, 0) is 24.6 Å². The summed E-state index contributed by atoms with van der Waals surface area (Å²) in [6.07, 6.45) is 1.03. The first-order chi connectivity index (χ1) is 9.60. The Bertz CT molecular complexity index is 599. The number of nitrogens with one attached hydrogen (secondary N) is 2. The Morgan fingerprint density at radius 3 is 2.65 bits per heavy atom. The summed E-state index contributed by atoms with van der Waals surface area (Å²) in [6, 6.07) is 9.02. The fraction of sp³-hybridized carbons (Fsp3) is 0.286. The number of anilines is 1. The van der Waals surface area contributed by atoms with Crippen LogP contribution in [0.2, 0.25) is 0 Å². The summed E-state index contributed by atoms with van der Waals surface area (Å²) in [5.74, 6) is -1.10. The fourth-order valence-electron chi connectivity index (χ4n) is 1.74. The van der Waals surface area contributed by atoms with Crippen LogP contribution in [-0.4, -0.2) is 17.5 Å². The lowest BCUT2D eigenvalue weighted by molar-refractivity contribution is -0.121. The molecule has 2 rings (SSSR count). The molecule has 0 fully saturated rings. The average Bonchev–Trinajstić information content (AvgIpc) is 2.48. The van der Waals surface area contributed by atoms with E-state index in [1.807, 2.05) is 18.2 Å². The van der Waals surface area contributed by atoms with Gasteiger partial charge in [-0.3, -0.25) is 9.59 Å². The van der Waals surface area contributed by atoms with Crippen LogP contribution < -0.4 is 10.7 Å². The highest BCUT2D eigenvalue weighted by atomic mass is 16.2. The summed E-state index contributed by atoms with van der Waals surface area (Å²) in [4.78, 5) is 22.6. The summed E-state index contributed by atoms with van der Waals surface area (Å²) in [5, 5.41) is 15.3. The van der Waals surface area contributed by atoms with Crippen molar-refractivity contribution in [2.75, 3.05) is 5.32 Å². The van der Waals surface area contributed by atoms with Gasteiger partial charge in [0.05, 0.1) is 11.8 Å². The van der Waals surface area contributed by atoms with Gasteiger partial charge in [-0.1, -0.05) is 12.1 Å². The van der Waals surface area contributed by atoms with E-state index in [-0.39, 0.29) is 11.8 Å². The topological polar surface area (TPSA) is 94.3 Å². The zero-order valence-corrected chi connectivity index (χ0v) is 11.0. The van der Waals surface area contributed by atoms with Gasteiger partial charge in [0.1, 0.15) is 5.92 Å². The molecular formula is C14H14N4O2. The number of hydrogen-bond acceptors (Lipinski definition) is 4. The Hall–Kier alpha value is -2.68. The maximum atomic E-state index is 11.6. The minimum absolute atomic E-state index is 0.0804. The van der Waals surface area contributed by atoms with Gasteiger partial charge in [-0.15, -0.1) is 0 Å². The number of hydrogen-bond donors (Lipinski definition) is 2. The maximum Gasteiger partial charge on any atom is 0.241 e. The SMILES string of the molecule is CC(C#N)C(=O)Nc1ccc(C2=NNC(=O)CC2)cc1. The van der Waals surface area contributed by atoms with Crippen LogP contribution in [0.25, 0.3) is 0 Å². The molecule has 2 amide bonds. The van der Waals surface area contributed by atoms with E-state index in [0.717, 1.165) is 11.3 Å². The number of hydrazone groups is 1. The monoisotopic (exact) mass is 270 g/mol. The van der Waals surface area contributed by atoms with Crippen molar-refractivity contribution in [3.8, 4) is 6.07 Å². The number of carbonyl (C=O) groups excluding carboxylic acids is 2. The van der Waals surface area contributed by atoms with Crippen LogP contribution in [0, 0.1) is 17.2 Å². The highest BCUT2D eigenvalue weighted by Gasteiger charge is 2.14. The first-order valence-corrected chi connectivity index (χ1v) is 6.26. The number of rotatable bonds is 3. The molecule has 1 atom stereocenters. The zero-order chi connectivity index (χ0) is 14.5. The van der Waals surface area contributed by atoms with E-state index >= 15 is 0 Å². The molecule has 1 aromatic carbocycles. The molecule has 6 nitrogen and oxygen atoms in total. The number of amides is 2. The van der Waals surface area contributed by atoms with E-state index in [2.05, 4.69) is 15.8 Å². The molecule has 0 saturated carbocycles. The highest BCUT2D eigenvalue weighted by molar-refractivity contribution is 6.04. The lowest BCUT2D eigenvalue weighted by Gasteiger charge is -2.12. The maximum absolute atomic E-state index is 11.6. The molecular weight excluding hydrogens is 256 g/mol. The molecule has 6 heteroatoms. The first kappa shape index (κ1) is 13.7. The summed E-state index contributed by atoms with van der Waals surface area (Å²) < 4.78 is 0. The van der Waals surface area contributed by atoms with Crippen LogP contribution in [0.3, 0.4) is 0 Å². The second-order valence-corrected chi connectivity index (χ2v) is 4.51. The quantitative estimate of drug-likeness (QED) is 0.869. The third-order valence-electron chi connectivity index (χ3n) is 2.98. The smallest absolute Gasteiger partial charge is 0.241 e. The number of nitrogens with zero attached hydrogens (tertiary/aromatic N) is 2. The standard InChI is InChI=1S/C14H14N4O2/c1-9(8-15)14(20)16-11-4-2-10(3-5-11)12-6-7-13(19)18-17-12/h2-5,9H,6-7H2,1H3,(H,16,20)(H,18,19). The van der Waals surface area contributed by atoms with Crippen LogP contribution in [0.5, 0.6) is 0 Å². The molecule has 0 saturated heterocycles. The van der Waals surface area contributed by atoms with Crippen molar-refractivity contribution in [3.63, 3.8) is 0 Å². The van der Waals surface area contributed by atoms with Gasteiger partial charge >= 0.3 is 0 Å². The van der Waals surface area contributed by atoms with Crippen LogP contribution in [0.1, 0.15) is 25.3 Å². The van der Waals surface area contributed by atoms with E-state index in [4.69, 9.17) is 5.26 Å². The normalized spacial score (nSPS) is 15.6. The zero-order valence-electron chi connectivity index (χ0n) is 11.0. The second kappa shape index (κ2) is 5.97. The molecule has 20 heavy (non-hydrogen) atoms. The number of carbonyl (C=O) groups is 2. The lowest BCUT2D eigenvalue weighted by atomic mass is 10.0. The van der Waals surface area contributed by atoms with Crippen LogP contribution >= 0.6 is 0 Å². The minimum Gasteiger partial charge on any atom is -0.325 e. The average molecular weight is 270 g/mol.